The Morgan fingerprint density at radius 1 is 1.60 bits per heavy atom. The number of rotatable bonds is 4. The summed E-state index contributed by atoms with van der Waals surface area (Å²) < 4.78 is 18.9. The van der Waals surface area contributed by atoms with Crippen LogP contribution in [0.3, 0.4) is 0 Å². The number of benzene rings is 1. The third kappa shape index (κ3) is 3.51. The van der Waals surface area contributed by atoms with Crippen molar-refractivity contribution in [1.82, 2.24) is 0 Å². The van der Waals surface area contributed by atoms with Gasteiger partial charge in [0.25, 0.3) is 0 Å². The van der Waals surface area contributed by atoms with Gasteiger partial charge < -0.3 is 10.5 Å². The molecule has 3 N–H and O–H groups in total. The van der Waals surface area contributed by atoms with Crippen molar-refractivity contribution in [2.75, 3.05) is 0 Å². The summed E-state index contributed by atoms with van der Waals surface area (Å²) in [7, 11) is 0. The lowest BCUT2D eigenvalue weighted by Gasteiger charge is -2.16. The van der Waals surface area contributed by atoms with Gasteiger partial charge in [0.05, 0.1) is 0 Å². The predicted octanol–water partition coefficient (Wildman–Crippen LogP) is 2.68. The van der Waals surface area contributed by atoms with E-state index in [1.54, 1.807) is 6.07 Å². The van der Waals surface area contributed by atoms with Crippen molar-refractivity contribution < 1.29 is 9.13 Å². The Kier molecular flexibility index (Phi) is 4.08. The Bertz CT molecular complexity index is 350. The van der Waals surface area contributed by atoms with Crippen LogP contribution in [0.1, 0.15) is 13.3 Å². The lowest BCUT2D eigenvalue weighted by Crippen LogP contribution is -2.32. The molecule has 1 unspecified atom stereocenters. The first-order valence-electron chi connectivity index (χ1n) is 4.49. The third-order valence-corrected chi connectivity index (χ3v) is 2.29. The van der Waals surface area contributed by atoms with Crippen LogP contribution in [0.2, 0.25) is 0 Å². The molecule has 0 aliphatic carbocycles. The molecule has 0 aliphatic rings. The standard InChI is InChI=1S/C10H12BrFN2O/c1-2-9(10(13)14)15-8-4-6(11)3-7(12)5-8/h3-5,9H,2H2,1H3,(H3,13,14). The van der Waals surface area contributed by atoms with Gasteiger partial charge in [-0.25, -0.2) is 4.39 Å². The monoisotopic (exact) mass is 274 g/mol. The van der Waals surface area contributed by atoms with Gasteiger partial charge >= 0.3 is 0 Å². The maximum Gasteiger partial charge on any atom is 0.155 e. The van der Waals surface area contributed by atoms with Crippen LogP contribution in [0.15, 0.2) is 22.7 Å². The van der Waals surface area contributed by atoms with E-state index in [0.717, 1.165) is 0 Å². The maximum absolute atomic E-state index is 13.0. The van der Waals surface area contributed by atoms with Gasteiger partial charge in [0.15, 0.2) is 6.10 Å². The van der Waals surface area contributed by atoms with Gasteiger partial charge in [-0.2, -0.15) is 0 Å². The zero-order chi connectivity index (χ0) is 11.4. The first-order chi connectivity index (χ1) is 7.02. The minimum Gasteiger partial charge on any atom is -0.482 e. The number of ether oxygens (including phenoxy) is 1. The topological polar surface area (TPSA) is 59.1 Å². The Balaban J connectivity index is 2.83. The third-order valence-electron chi connectivity index (χ3n) is 1.83. The van der Waals surface area contributed by atoms with Crippen LogP contribution in [-0.2, 0) is 0 Å². The van der Waals surface area contributed by atoms with Crippen molar-refractivity contribution in [3.05, 3.63) is 28.5 Å². The molecule has 1 atom stereocenters. The lowest BCUT2D eigenvalue weighted by molar-refractivity contribution is 0.259. The largest absolute Gasteiger partial charge is 0.482 e. The molecule has 1 rings (SSSR count). The molecule has 0 saturated heterocycles. The van der Waals surface area contributed by atoms with Gasteiger partial charge in [-0.05, 0) is 18.6 Å². The van der Waals surface area contributed by atoms with Gasteiger partial charge in [0.2, 0.25) is 0 Å². The number of hydrogen-bond donors (Lipinski definition) is 2. The second-order valence-electron chi connectivity index (χ2n) is 3.08. The first-order valence-corrected chi connectivity index (χ1v) is 5.29. The predicted molar refractivity (Wildman–Crippen MR) is 60.7 cm³/mol. The second-order valence-corrected chi connectivity index (χ2v) is 3.99. The summed E-state index contributed by atoms with van der Waals surface area (Å²) in [6, 6.07) is 4.23. The van der Waals surface area contributed by atoms with E-state index in [2.05, 4.69) is 15.9 Å². The van der Waals surface area contributed by atoms with Gasteiger partial charge in [-0.3, -0.25) is 5.41 Å². The smallest absolute Gasteiger partial charge is 0.155 e. The minimum absolute atomic E-state index is 0.0575. The summed E-state index contributed by atoms with van der Waals surface area (Å²) in [5.41, 5.74) is 5.32. The molecule has 1 aromatic rings. The van der Waals surface area contributed by atoms with Crippen molar-refractivity contribution in [2.45, 2.75) is 19.4 Å². The van der Waals surface area contributed by atoms with E-state index < -0.39 is 11.9 Å². The summed E-state index contributed by atoms with van der Waals surface area (Å²) in [5.74, 6) is -0.0837. The number of halogens is 2. The van der Waals surface area contributed by atoms with Gasteiger partial charge in [0.1, 0.15) is 17.4 Å². The summed E-state index contributed by atoms with van der Waals surface area (Å²) in [6.45, 7) is 1.85. The van der Waals surface area contributed by atoms with Gasteiger partial charge in [-0.15, -0.1) is 0 Å². The van der Waals surface area contributed by atoms with Crippen LogP contribution >= 0.6 is 15.9 Å². The van der Waals surface area contributed by atoms with Crippen LogP contribution in [0.25, 0.3) is 0 Å². The number of nitrogens with two attached hydrogens (primary N) is 1. The molecule has 15 heavy (non-hydrogen) atoms. The Labute approximate surface area is 96.1 Å². The highest BCUT2D eigenvalue weighted by Gasteiger charge is 2.12. The van der Waals surface area contributed by atoms with Crippen LogP contribution in [0, 0.1) is 11.2 Å². The van der Waals surface area contributed by atoms with Crippen molar-refractivity contribution in [2.24, 2.45) is 5.73 Å². The zero-order valence-electron chi connectivity index (χ0n) is 8.26. The molecule has 0 heterocycles. The molecule has 1 aromatic carbocycles. The lowest BCUT2D eigenvalue weighted by atomic mass is 10.2. The van der Waals surface area contributed by atoms with Crippen molar-refractivity contribution in [1.29, 1.82) is 5.41 Å². The summed E-state index contributed by atoms with van der Waals surface area (Å²) in [5, 5.41) is 7.26. The fourth-order valence-corrected chi connectivity index (χ4v) is 1.57. The Morgan fingerprint density at radius 2 is 2.27 bits per heavy atom. The highest BCUT2D eigenvalue weighted by Crippen LogP contribution is 2.21. The van der Waals surface area contributed by atoms with Crippen LogP contribution < -0.4 is 10.5 Å². The Morgan fingerprint density at radius 3 is 2.73 bits per heavy atom. The molecule has 0 aliphatic heterocycles. The average Bonchev–Trinajstić information content (AvgIpc) is 2.12. The molecule has 0 amide bonds. The molecule has 82 valence electrons. The molecule has 0 aromatic heterocycles. The maximum atomic E-state index is 13.0. The van der Waals surface area contributed by atoms with Crippen LogP contribution in [0.5, 0.6) is 5.75 Å². The number of hydrogen-bond acceptors (Lipinski definition) is 2. The molecule has 0 saturated carbocycles. The van der Waals surface area contributed by atoms with E-state index in [9.17, 15) is 4.39 Å². The van der Waals surface area contributed by atoms with E-state index in [4.69, 9.17) is 15.9 Å². The Hall–Kier alpha value is -1.10. The highest BCUT2D eigenvalue weighted by atomic mass is 79.9. The quantitative estimate of drug-likeness (QED) is 0.655. The van der Waals surface area contributed by atoms with E-state index in [-0.39, 0.29) is 5.84 Å². The minimum atomic E-state index is -0.501. The fourth-order valence-electron chi connectivity index (χ4n) is 1.13. The van der Waals surface area contributed by atoms with Gasteiger partial charge in [0, 0.05) is 10.5 Å². The van der Waals surface area contributed by atoms with E-state index in [1.165, 1.54) is 12.1 Å². The molecule has 0 spiro atoms. The molecule has 0 bridgehead atoms. The fraction of sp³-hybridized carbons (Fsp3) is 0.300. The highest BCUT2D eigenvalue weighted by molar-refractivity contribution is 9.10. The molecule has 5 heteroatoms. The van der Waals surface area contributed by atoms with E-state index in [1.807, 2.05) is 6.92 Å². The molecule has 0 fully saturated rings. The molecular formula is C10H12BrFN2O. The first kappa shape index (κ1) is 12.0. The van der Waals surface area contributed by atoms with Crippen molar-refractivity contribution >= 4 is 21.8 Å². The van der Waals surface area contributed by atoms with Crippen LogP contribution in [0.4, 0.5) is 4.39 Å². The second kappa shape index (κ2) is 5.11. The summed E-state index contributed by atoms with van der Waals surface area (Å²) in [4.78, 5) is 0. The SMILES string of the molecule is CCC(Oc1cc(F)cc(Br)c1)C(=N)N. The van der Waals surface area contributed by atoms with E-state index in [0.29, 0.717) is 16.6 Å². The summed E-state index contributed by atoms with van der Waals surface area (Å²) >= 11 is 3.16. The molecule has 3 nitrogen and oxygen atoms in total. The summed E-state index contributed by atoms with van der Waals surface area (Å²) in [6.07, 6.45) is 0.0717. The number of nitrogens with one attached hydrogen (secondary N) is 1. The van der Waals surface area contributed by atoms with Crippen LogP contribution in [-0.4, -0.2) is 11.9 Å². The van der Waals surface area contributed by atoms with Crippen molar-refractivity contribution in [3.63, 3.8) is 0 Å². The molecule has 0 radical (unpaired) electrons. The number of amidine groups is 1. The average molecular weight is 275 g/mol. The van der Waals surface area contributed by atoms with E-state index >= 15 is 0 Å². The van der Waals surface area contributed by atoms with Gasteiger partial charge in [-0.1, -0.05) is 22.9 Å². The zero-order valence-corrected chi connectivity index (χ0v) is 9.84. The molecular weight excluding hydrogens is 263 g/mol. The van der Waals surface area contributed by atoms with Crippen molar-refractivity contribution in [3.8, 4) is 5.75 Å². The normalized spacial score (nSPS) is 12.2.